The molecule has 0 aliphatic heterocycles. The summed E-state index contributed by atoms with van der Waals surface area (Å²) in [4.78, 5) is 11.9. The molecule has 0 aliphatic rings. The Hall–Kier alpha value is -2.52. The number of tetrazole rings is 1. The minimum atomic E-state index is -0.843. The van der Waals surface area contributed by atoms with Gasteiger partial charge in [-0.1, -0.05) is 29.4 Å². The molecule has 1 aromatic heterocycles. The summed E-state index contributed by atoms with van der Waals surface area (Å²) < 4.78 is 28.5. The van der Waals surface area contributed by atoms with Crippen molar-refractivity contribution in [1.29, 1.82) is 0 Å². The fraction of sp³-hybridized carbons (Fsp3) is 0.0667. The molecule has 128 valence electrons. The Balaban J connectivity index is 1.67. The van der Waals surface area contributed by atoms with Crippen LogP contribution in [0.3, 0.4) is 0 Å². The summed E-state index contributed by atoms with van der Waals surface area (Å²) >= 11 is 6.87. The van der Waals surface area contributed by atoms with E-state index >= 15 is 0 Å². The third-order valence-electron chi connectivity index (χ3n) is 3.07. The van der Waals surface area contributed by atoms with Crippen LogP contribution in [0, 0.1) is 11.6 Å². The SMILES string of the molecule is O=C(CSc1nnnn1-c1ccc(Cl)cc1)Nc1c(F)cccc1F. The molecule has 25 heavy (non-hydrogen) atoms. The molecule has 10 heteroatoms. The van der Waals surface area contributed by atoms with Gasteiger partial charge in [0.05, 0.1) is 11.4 Å². The molecule has 1 N–H and O–H groups in total. The number of carbonyl (C=O) groups is 1. The van der Waals surface area contributed by atoms with Crippen LogP contribution in [0.5, 0.6) is 0 Å². The second-order valence-corrected chi connectivity index (χ2v) is 6.16. The number of aromatic nitrogens is 4. The topological polar surface area (TPSA) is 72.7 Å². The number of anilines is 1. The molecule has 0 atom stereocenters. The van der Waals surface area contributed by atoms with E-state index < -0.39 is 23.2 Å². The van der Waals surface area contributed by atoms with E-state index in [0.717, 1.165) is 23.9 Å². The number of hydrogen-bond donors (Lipinski definition) is 1. The van der Waals surface area contributed by atoms with Crippen LogP contribution in [-0.2, 0) is 4.79 Å². The maximum atomic E-state index is 13.5. The molecule has 0 saturated heterocycles. The number of halogens is 3. The van der Waals surface area contributed by atoms with Crippen molar-refractivity contribution in [1.82, 2.24) is 20.2 Å². The highest BCUT2D eigenvalue weighted by Gasteiger charge is 2.15. The third-order valence-corrected chi connectivity index (χ3v) is 4.24. The van der Waals surface area contributed by atoms with Gasteiger partial charge in [-0.15, -0.1) is 5.10 Å². The number of carbonyl (C=O) groups excluding carboxylic acids is 1. The zero-order valence-electron chi connectivity index (χ0n) is 12.5. The lowest BCUT2D eigenvalue weighted by Gasteiger charge is -2.07. The van der Waals surface area contributed by atoms with Crippen LogP contribution >= 0.6 is 23.4 Å². The standard InChI is InChI=1S/C15H10ClF2N5OS/c16-9-4-6-10(7-5-9)23-15(20-21-22-23)25-8-13(24)19-14-11(17)2-1-3-12(14)18/h1-7H,8H2,(H,19,24). The fourth-order valence-electron chi connectivity index (χ4n) is 1.94. The van der Waals surface area contributed by atoms with E-state index in [9.17, 15) is 13.6 Å². The Kier molecular flexibility index (Phi) is 5.25. The Morgan fingerprint density at radius 3 is 2.52 bits per heavy atom. The normalized spacial score (nSPS) is 10.7. The lowest BCUT2D eigenvalue weighted by molar-refractivity contribution is -0.113. The molecule has 1 heterocycles. The van der Waals surface area contributed by atoms with Crippen molar-refractivity contribution in [3.05, 3.63) is 59.1 Å². The average molecular weight is 382 g/mol. The third kappa shape index (κ3) is 4.12. The van der Waals surface area contributed by atoms with E-state index in [1.54, 1.807) is 24.3 Å². The molecule has 6 nitrogen and oxygen atoms in total. The van der Waals surface area contributed by atoms with Gasteiger partial charge in [-0.2, -0.15) is 4.68 Å². The highest BCUT2D eigenvalue weighted by molar-refractivity contribution is 7.99. The molecule has 0 aliphatic carbocycles. The number of thioether (sulfide) groups is 1. The predicted molar refractivity (Wildman–Crippen MR) is 89.9 cm³/mol. The van der Waals surface area contributed by atoms with Crippen LogP contribution in [0.2, 0.25) is 5.02 Å². The van der Waals surface area contributed by atoms with Crippen LogP contribution < -0.4 is 5.32 Å². The van der Waals surface area contributed by atoms with Crippen molar-refractivity contribution >= 4 is 35.0 Å². The van der Waals surface area contributed by atoms with E-state index in [-0.39, 0.29) is 5.75 Å². The van der Waals surface area contributed by atoms with Crippen molar-refractivity contribution < 1.29 is 13.6 Å². The van der Waals surface area contributed by atoms with Crippen molar-refractivity contribution in [2.75, 3.05) is 11.1 Å². The molecule has 2 aromatic carbocycles. The number of hydrogen-bond acceptors (Lipinski definition) is 5. The zero-order chi connectivity index (χ0) is 17.8. The fourth-order valence-corrected chi connectivity index (χ4v) is 2.75. The lowest BCUT2D eigenvalue weighted by atomic mass is 10.3. The molecule has 0 radical (unpaired) electrons. The lowest BCUT2D eigenvalue weighted by Crippen LogP contribution is -2.16. The van der Waals surface area contributed by atoms with Gasteiger partial charge in [0.1, 0.15) is 17.3 Å². The van der Waals surface area contributed by atoms with Crippen molar-refractivity contribution in [2.24, 2.45) is 0 Å². The Morgan fingerprint density at radius 1 is 1.16 bits per heavy atom. The Morgan fingerprint density at radius 2 is 1.84 bits per heavy atom. The van der Waals surface area contributed by atoms with E-state index in [0.29, 0.717) is 15.9 Å². The van der Waals surface area contributed by atoms with Crippen LogP contribution in [-0.4, -0.2) is 31.9 Å². The number of nitrogens with one attached hydrogen (secondary N) is 1. The largest absolute Gasteiger partial charge is 0.320 e. The maximum absolute atomic E-state index is 13.5. The van der Waals surface area contributed by atoms with Crippen molar-refractivity contribution in [3.63, 3.8) is 0 Å². The molecule has 0 unspecified atom stereocenters. The van der Waals surface area contributed by atoms with Crippen LogP contribution in [0.15, 0.2) is 47.6 Å². The highest BCUT2D eigenvalue weighted by Crippen LogP contribution is 2.21. The summed E-state index contributed by atoms with van der Waals surface area (Å²) in [7, 11) is 0. The molecule has 0 fully saturated rings. The summed E-state index contributed by atoms with van der Waals surface area (Å²) in [5, 5.41) is 14.4. The monoisotopic (exact) mass is 381 g/mol. The van der Waals surface area contributed by atoms with E-state index in [1.807, 2.05) is 0 Å². The van der Waals surface area contributed by atoms with Crippen molar-refractivity contribution in [3.8, 4) is 5.69 Å². The van der Waals surface area contributed by atoms with Gasteiger partial charge >= 0.3 is 0 Å². The van der Waals surface area contributed by atoms with E-state index in [2.05, 4.69) is 20.8 Å². The zero-order valence-corrected chi connectivity index (χ0v) is 14.1. The van der Waals surface area contributed by atoms with Gasteiger partial charge < -0.3 is 5.32 Å². The molecule has 3 aromatic rings. The highest BCUT2D eigenvalue weighted by atomic mass is 35.5. The number of amides is 1. The number of rotatable bonds is 5. The number of benzene rings is 2. The first kappa shape index (κ1) is 17.3. The number of nitrogens with zero attached hydrogens (tertiary/aromatic N) is 4. The van der Waals surface area contributed by atoms with Gasteiger partial charge in [0.25, 0.3) is 0 Å². The average Bonchev–Trinajstić information content (AvgIpc) is 3.06. The van der Waals surface area contributed by atoms with Gasteiger partial charge in [0.15, 0.2) is 0 Å². The molecule has 0 spiro atoms. The smallest absolute Gasteiger partial charge is 0.235 e. The quantitative estimate of drug-likeness (QED) is 0.686. The second-order valence-electron chi connectivity index (χ2n) is 4.78. The Bertz CT molecular complexity index is 883. The van der Waals surface area contributed by atoms with Gasteiger partial charge in [0, 0.05) is 5.02 Å². The summed E-state index contributed by atoms with van der Waals surface area (Å²) in [5.41, 5.74) is 0.183. The van der Waals surface area contributed by atoms with Crippen LogP contribution in [0.4, 0.5) is 14.5 Å². The first-order valence-corrected chi connectivity index (χ1v) is 8.32. The van der Waals surface area contributed by atoms with Crippen molar-refractivity contribution in [2.45, 2.75) is 5.16 Å². The minimum Gasteiger partial charge on any atom is -0.320 e. The maximum Gasteiger partial charge on any atom is 0.235 e. The molecule has 3 rings (SSSR count). The van der Waals surface area contributed by atoms with Crippen LogP contribution in [0.25, 0.3) is 5.69 Å². The van der Waals surface area contributed by atoms with E-state index in [4.69, 9.17) is 11.6 Å². The van der Waals surface area contributed by atoms with Crippen LogP contribution in [0.1, 0.15) is 0 Å². The summed E-state index contributed by atoms with van der Waals surface area (Å²) in [5.74, 6) is -2.39. The minimum absolute atomic E-state index is 0.123. The Labute approximate surface area is 150 Å². The number of para-hydroxylation sites is 1. The second kappa shape index (κ2) is 7.58. The van der Waals surface area contributed by atoms with Gasteiger partial charge in [-0.25, -0.2) is 8.78 Å². The molecule has 0 bridgehead atoms. The van der Waals surface area contributed by atoms with Gasteiger partial charge in [0.2, 0.25) is 11.1 Å². The molecule has 1 amide bonds. The molecular formula is C15H10ClF2N5OS. The van der Waals surface area contributed by atoms with E-state index in [1.165, 1.54) is 10.7 Å². The molecular weight excluding hydrogens is 372 g/mol. The first-order chi connectivity index (χ1) is 12.0. The summed E-state index contributed by atoms with van der Waals surface area (Å²) in [6.07, 6.45) is 0. The molecule has 0 saturated carbocycles. The summed E-state index contributed by atoms with van der Waals surface area (Å²) in [6.45, 7) is 0. The first-order valence-electron chi connectivity index (χ1n) is 6.95. The van der Waals surface area contributed by atoms with Gasteiger partial charge in [-0.05, 0) is 46.8 Å². The predicted octanol–water partition coefficient (Wildman–Crippen LogP) is 3.32. The van der Waals surface area contributed by atoms with Gasteiger partial charge in [-0.3, -0.25) is 4.79 Å². The summed E-state index contributed by atoms with van der Waals surface area (Å²) in [6, 6.07) is 10.1.